The zero-order valence-electron chi connectivity index (χ0n) is 15.0. The Morgan fingerprint density at radius 1 is 1.27 bits per heavy atom. The van der Waals surface area contributed by atoms with Crippen molar-refractivity contribution in [3.63, 3.8) is 0 Å². The number of ether oxygens (including phenoxy) is 1. The smallest absolute Gasteiger partial charge is 0.410 e. The molecule has 3 rings (SSSR count). The lowest BCUT2D eigenvalue weighted by molar-refractivity contribution is -0.383. The van der Waals surface area contributed by atoms with Gasteiger partial charge in [0.1, 0.15) is 5.60 Å². The van der Waals surface area contributed by atoms with Crippen LogP contribution in [0, 0.1) is 16.0 Å². The molecule has 1 aliphatic rings. The molecule has 0 aliphatic carbocycles. The third kappa shape index (κ3) is 3.54. The Kier molecular flexibility index (Phi) is 4.43. The van der Waals surface area contributed by atoms with Crippen LogP contribution in [-0.4, -0.2) is 39.2 Å². The van der Waals surface area contributed by atoms with E-state index in [0.29, 0.717) is 30.4 Å². The van der Waals surface area contributed by atoms with E-state index in [1.807, 2.05) is 20.8 Å². The van der Waals surface area contributed by atoms with Gasteiger partial charge >= 0.3 is 6.09 Å². The van der Waals surface area contributed by atoms with Gasteiger partial charge in [-0.3, -0.25) is 14.9 Å². The maximum atomic E-state index is 12.6. The number of nitro groups is 1. The van der Waals surface area contributed by atoms with E-state index in [-0.39, 0.29) is 23.3 Å². The molecule has 0 bridgehead atoms. The van der Waals surface area contributed by atoms with Gasteiger partial charge in [0.15, 0.2) is 0 Å². The number of fused-ring (bicyclic) bond motifs is 1. The first-order valence-electron chi connectivity index (χ1n) is 8.40. The molecule has 1 aromatic carbocycles. The van der Waals surface area contributed by atoms with Crippen molar-refractivity contribution in [3.05, 3.63) is 50.9 Å². The highest BCUT2D eigenvalue weighted by molar-refractivity contribution is 5.89. The van der Waals surface area contributed by atoms with Crippen molar-refractivity contribution < 1.29 is 14.5 Å². The summed E-state index contributed by atoms with van der Waals surface area (Å²) < 4.78 is 6.86. The number of rotatable bonds is 3. The zero-order chi connectivity index (χ0) is 19.1. The average Bonchev–Trinajstić information content (AvgIpc) is 2.49. The molecule has 0 spiro atoms. The van der Waals surface area contributed by atoms with E-state index in [2.05, 4.69) is 0 Å². The number of nitrogens with zero attached hydrogens (tertiary/aromatic N) is 3. The molecule has 0 unspecified atom stereocenters. The second-order valence-electron chi connectivity index (χ2n) is 7.52. The van der Waals surface area contributed by atoms with Crippen molar-refractivity contribution in [1.82, 2.24) is 9.47 Å². The molecule has 0 radical (unpaired) electrons. The number of carbonyl (C=O) groups is 1. The second kappa shape index (κ2) is 6.44. The van der Waals surface area contributed by atoms with Gasteiger partial charge in [-0.2, -0.15) is 0 Å². The van der Waals surface area contributed by atoms with E-state index in [9.17, 15) is 19.7 Å². The van der Waals surface area contributed by atoms with Crippen LogP contribution >= 0.6 is 0 Å². The summed E-state index contributed by atoms with van der Waals surface area (Å²) in [6.45, 7) is 6.95. The fraction of sp³-hybridized carbons (Fsp3) is 0.444. The Bertz CT molecular complexity index is 923. The molecular formula is C18H21N3O5. The van der Waals surface area contributed by atoms with E-state index in [0.717, 1.165) is 0 Å². The van der Waals surface area contributed by atoms with Gasteiger partial charge in [0.25, 0.3) is 11.2 Å². The molecular weight excluding hydrogens is 338 g/mol. The van der Waals surface area contributed by atoms with Gasteiger partial charge in [0, 0.05) is 37.8 Å². The Hall–Kier alpha value is -2.90. The molecule has 1 aliphatic heterocycles. The number of hydrogen-bond donors (Lipinski definition) is 0. The second-order valence-corrected chi connectivity index (χ2v) is 7.52. The monoisotopic (exact) mass is 359 g/mol. The van der Waals surface area contributed by atoms with Crippen LogP contribution in [0.5, 0.6) is 0 Å². The summed E-state index contributed by atoms with van der Waals surface area (Å²) in [6, 6.07) is 6.09. The predicted molar refractivity (Wildman–Crippen MR) is 96.2 cm³/mol. The highest BCUT2D eigenvalue weighted by Gasteiger charge is 2.34. The molecule has 0 N–H and O–H groups in total. The standard InChI is InChI=1S/C18H21N3O5/c1-18(2,3)26-17(23)20-10-12(11-20)9-19-8-7-13-14(16(19)22)5-4-6-15(13)21(24)25/h4-8,12H,9-11H2,1-3H3. The topological polar surface area (TPSA) is 94.7 Å². The fourth-order valence-electron chi connectivity index (χ4n) is 3.04. The number of amides is 1. The Morgan fingerprint density at radius 2 is 1.96 bits per heavy atom. The third-order valence-corrected chi connectivity index (χ3v) is 4.26. The highest BCUT2D eigenvalue weighted by atomic mass is 16.6. The number of hydrogen-bond acceptors (Lipinski definition) is 5. The van der Waals surface area contributed by atoms with Crippen LogP contribution in [0.1, 0.15) is 20.8 Å². The molecule has 8 heteroatoms. The number of non-ortho nitro benzene ring substituents is 1. The first-order chi connectivity index (χ1) is 12.2. The van der Waals surface area contributed by atoms with Gasteiger partial charge in [0.2, 0.25) is 0 Å². The lowest BCUT2D eigenvalue weighted by Gasteiger charge is -2.40. The summed E-state index contributed by atoms with van der Waals surface area (Å²) in [5, 5.41) is 11.8. The quantitative estimate of drug-likeness (QED) is 0.620. The summed E-state index contributed by atoms with van der Waals surface area (Å²) in [5.41, 5.74) is -0.875. The van der Waals surface area contributed by atoms with Crippen LogP contribution in [0.4, 0.5) is 10.5 Å². The average molecular weight is 359 g/mol. The normalized spacial score (nSPS) is 15.0. The largest absolute Gasteiger partial charge is 0.444 e. The van der Waals surface area contributed by atoms with Crippen LogP contribution in [0.25, 0.3) is 10.8 Å². The Morgan fingerprint density at radius 3 is 2.58 bits per heavy atom. The summed E-state index contributed by atoms with van der Waals surface area (Å²) in [5.74, 6) is 0.149. The molecule has 1 aromatic heterocycles. The van der Waals surface area contributed by atoms with Crippen LogP contribution in [-0.2, 0) is 11.3 Å². The minimum absolute atomic E-state index is 0.0773. The maximum Gasteiger partial charge on any atom is 0.410 e. The minimum atomic E-state index is -0.536. The first-order valence-corrected chi connectivity index (χ1v) is 8.40. The summed E-state index contributed by atoms with van der Waals surface area (Å²) in [6.07, 6.45) is 1.23. The van der Waals surface area contributed by atoms with Gasteiger partial charge < -0.3 is 14.2 Å². The molecule has 2 heterocycles. The minimum Gasteiger partial charge on any atom is -0.444 e. The molecule has 8 nitrogen and oxygen atoms in total. The highest BCUT2D eigenvalue weighted by Crippen LogP contribution is 2.24. The molecule has 0 atom stereocenters. The van der Waals surface area contributed by atoms with Gasteiger partial charge in [-0.1, -0.05) is 6.07 Å². The van der Waals surface area contributed by atoms with E-state index in [1.165, 1.54) is 12.1 Å². The molecule has 1 amide bonds. The molecule has 1 saturated heterocycles. The summed E-state index contributed by atoms with van der Waals surface area (Å²) in [4.78, 5) is 36.8. The lowest BCUT2D eigenvalue weighted by Crippen LogP contribution is -2.53. The predicted octanol–water partition coefficient (Wildman–Crippen LogP) is 2.78. The fourth-order valence-corrected chi connectivity index (χ4v) is 3.04. The van der Waals surface area contributed by atoms with Crippen molar-refractivity contribution in [1.29, 1.82) is 0 Å². The van der Waals surface area contributed by atoms with E-state index in [1.54, 1.807) is 27.8 Å². The summed E-state index contributed by atoms with van der Waals surface area (Å²) >= 11 is 0. The molecule has 2 aromatic rings. The van der Waals surface area contributed by atoms with Crippen molar-refractivity contribution in [2.75, 3.05) is 13.1 Å². The van der Waals surface area contributed by atoms with Crippen LogP contribution in [0.2, 0.25) is 0 Å². The number of carbonyl (C=O) groups excluding carboxylic acids is 1. The molecule has 0 saturated carbocycles. The first kappa shape index (κ1) is 17.9. The van der Waals surface area contributed by atoms with Crippen molar-refractivity contribution in [2.24, 2.45) is 5.92 Å². The zero-order valence-corrected chi connectivity index (χ0v) is 15.0. The number of pyridine rings is 1. The van der Waals surface area contributed by atoms with Crippen molar-refractivity contribution in [3.8, 4) is 0 Å². The number of nitro benzene ring substituents is 1. The molecule has 26 heavy (non-hydrogen) atoms. The van der Waals surface area contributed by atoms with Gasteiger partial charge in [-0.15, -0.1) is 0 Å². The van der Waals surface area contributed by atoms with E-state index in [4.69, 9.17) is 4.74 Å². The lowest BCUT2D eigenvalue weighted by atomic mass is 10.0. The number of benzene rings is 1. The molecule has 1 fully saturated rings. The van der Waals surface area contributed by atoms with Gasteiger partial charge in [-0.05, 0) is 32.9 Å². The number of likely N-dealkylation sites (tertiary alicyclic amines) is 1. The van der Waals surface area contributed by atoms with Gasteiger partial charge in [0.05, 0.1) is 15.7 Å². The van der Waals surface area contributed by atoms with Crippen LogP contribution in [0.3, 0.4) is 0 Å². The Labute approximate surface area is 150 Å². The number of aromatic nitrogens is 1. The van der Waals surface area contributed by atoms with Gasteiger partial charge in [-0.25, -0.2) is 4.79 Å². The summed E-state index contributed by atoms with van der Waals surface area (Å²) in [7, 11) is 0. The van der Waals surface area contributed by atoms with Crippen molar-refractivity contribution >= 4 is 22.6 Å². The molecule has 138 valence electrons. The van der Waals surface area contributed by atoms with Crippen molar-refractivity contribution in [2.45, 2.75) is 32.9 Å². The van der Waals surface area contributed by atoms with E-state index < -0.39 is 10.5 Å². The third-order valence-electron chi connectivity index (χ3n) is 4.26. The van der Waals surface area contributed by atoms with Crippen LogP contribution < -0.4 is 5.56 Å². The maximum absolute atomic E-state index is 12.6. The Balaban J connectivity index is 1.72. The SMILES string of the molecule is CC(C)(C)OC(=O)N1CC(Cn2ccc3c([N+](=O)[O-])cccc3c2=O)C1. The van der Waals surface area contributed by atoms with Crippen LogP contribution in [0.15, 0.2) is 35.3 Å². The van der Waals surface area contributed by atoms with E-state index >= 15 is 0 Å².